The molecule has 0 bridgehead atoms. The number of rotatable bonds is 6. The fourth-order valence-electron chi connectivity index (χ4n) is 2.09. The fourth-order valence-corrected chi connectivity index (χ4v) is 2.09. The highest BCUT2D eigenvalue weighted by molar-refractivity contribution is 5.41. The van der Waals surface area contributed by atoms with Gasteiger partial charge in [-0.25, -0.2) is 0 Å². The average Bonchev–Trinajstić information content (AvgIpc) is 2.35. The highest BCUT2D eigenvalue weighted by Crippen LogP contribution is 2.32. The summed E-state index contributed by atoms with van der Waals surface area (Å²) >= 11 is 0. The summed E-state index contributed by atoms with van der Waals surface area (Å²) in [5, 5.41) is 3.32. The quantitative estimate of drug-likeness (QED) is 0.840. The number of hydrogen-bond donors (Lipinski definition) is 1. The minimum atomic E-state index is 0.110. The zero-order chi connectivity index (χ0) is 14.5. The molecule has 19 heavy (non-hydrogen) atoms. The van der Waals surface area contributed by atoms with E-state index in [4.69, 9.17) is 4.74 Å². The molecule has 2 heteroatoms. The number of hydrogen-bond acceptors (Lipinski definition) is 2. The van der Waals surface area contributed by atoms with Crippen molar-refractivity contribution in [2.24, 2.45) is 0 Å². The molecule has 2 nitrogen and oxygen atoms in total. The molecule has 0 aliphatic heterocycles. The van der Waals surface area contributed by atoms with E-state index in [1.807, 2.05) is 0 Å². The lowest BCUT2D eigenvalue weighted by Gasteiger charge is -2.25. The van der Waals surface area contributed by atoms with E-state index in [1.54, 1.807) is 0 Å². The SMILES string of the molecule is CCNCC(C)Oc1ccc(CC)cc1C(C)(C)C. The monoisotopic (exact) mass is 263 g/mol. The second-order valence-electron chi connectivity index (χ2n) is 6.17. The Kier molecular flexibility index (Phi) is 5.86. The van der Waals surface area contributed by atoms with E-state index in [-0.39, 0.29) is 11.5 Å². The lowest BCUT2D eigenvalue weighted by molar-refractivity contribution is 0.213. The van der Waals surface area contributed by atoms with E-state index < -0.39 is 0 Å². The average molecular weight is 263 g/mol. The Labute approximate surface area is 118 Å². The van der Waals surface area contributed by atoms with Crippen LogP contribution in [0, 0.1) is 0 Å². The molecule has 1 unspecified atom stereocenters. The fraction of sp³-hybridized carbons (Fsp3) is 0.647. The summed E-state index contributed by atoms with van der Waals surface area (Å²) in [4.78, 5) is 0. The van der Waals surface area contributed by atoms with Gasteiger partial charge in [-0.1, -0.05) is 46.8 Å². The molecule has 0 aliphatic carbocycles. The number of nitrogens with one attached hydrogen (secondary N) is 1. The van der Waals surface area contributed by atoms with Crippen LogP contribution >= 0.6 is 0 Å². The van der Waals surface area contributed by atoms with Gasteiger partial charge >= 0.3 is 0 Å². The molecule has 1 aromatic rings. The van der Waals surface area contributed by atoms with Crippen molar-refractivity contribution < 1.29 is 4.74 Å². The smallest absolute Gasteiger partial charge is 0.123 e. The Hall–Kier alpha value is -1.02. The normalized spacial score (nSPS) is 13.4. The summed E-state index contributed by atoms with van der Waals surface area (Å²) in [6.45, 7) is 15.0. The first-order chi connectivity index (χ1) is 8.88. The third-order valence-corrected chi connectivity index (χ3v) is 3.27. The largest absolute Gasteiger partial charge is 0.489 e. The minimum Gasteiger partial charge on any atom is -0.489 e. The molecular weight excluding hydrogens is 234 g/mol. The Bertz CT molecular complexity index is 393. The van der Waals surface area contributed by atoms with Gasteiger partial charge in [-0.15, -0.1) is 0 Å². The first-order valence-electron chi connectivity index (χ1n) is 7.39. The van der Waals surface area contributed by atoms with Crippen LogP contribution < -0.4 is 10.1 Å². The molecular formula is C17H29NO. The summed E-state index contributed by atoms with van der Waals surface area (Å²) in [6, 6.07) is 6.59. The number of aryl methyl sites for hydroxylation is 1. The molecule has 0 fully saturated rings. The Morgan fingerprint density at radius 1 is 1.21 bits per heavy atom. The summed E-state index contributed by atoms with van der Waals surface area (Å²) in [5.41, 5.74) is 2.78. The third kappa shape index (κ3) is 4.87. The molecule has 0 amide bonds. The Balaban J connectivity index is 2.93. The van der Waals surface area contributed by atoms with Crippen molar-refractivity contribution in [2.75, 3.05) is 13.1 Å². The van der Waals surface area contributed by atoms with E-state index in [0.717, 1.165) is 25.3 Å². The highest BCUT2D eigenvalue weighted by Gasteiger charge is 2.20. The van der Waals surface area contributed by atoms with Gasteiger partial charge in [0.15, 0.2) is 0 Å². The lowest BCUT2D eigenvalue weighted by atomic mass is 9.85. The van der Waals surface area contributed by atoms with Crippen molar-refractivity contribution in [2.45, 2.75) is 59.5 Å². The van der Waals surface area contributed by atoms with Crippen LogP contribution in [-0.4, -0.2) is 19.2 Å². The van der Waals surface area contributed by atoms with Crippen LogP contribution in [-0.2, 0) is 11.8 Å². The van der Waals surface area contributed by atoms with Crippen LogP contribution in [0.1, 0.15) is 52.7 Å². The van der Waals surface area contributed by atoms with Crippen molar-refractivity contribution in [1.29, 1.82) is 0 Å². The highest BCUT2D eigenvalue weighted by atomic mass is 16.5. The Morgan fingerprint density at radius 3 is 2.42 bits per heavy atom. The standard InChI is InChI=1S/C17H29NO/c1-7-14-9-10-16(15(11-14)17(4,5)6)19-13(3)12-18-8-2/h9-11,13,18H,7-8,12H2,1-6H3. The van der Waals surface area contributed by atoms with Crippen molar-refractivity contribution in [1.82, 2.24) is 5.32 Å². The molecule has 0 saturated carbocycles. The molecule has 0 spiro atoms. The van der Waals surface area contributed by atoms with Gasteiger partial charge in [0.2, 0.25) is 0 Å². The topological polar surface area (TPSA) is 21.3 Å². The number of benzene rings is 1. The van der Waals surface area contributed by atoms with Gasteiger partial charge in [0.05, 0.1) is 0 Å². The molecule has 0 aromatic heterocycles. The Morgan fingerprint density at radius 2 is 1.89 bits per heavy atom. The molecule has 0 saturated heterocycles. The predicted octanol–water partition coefficient (Wildman–Crippen LogP) is 3.92. The maximum absolute atomic E-state index is 6.11. The van der Waals surface area contributed by atoms with Crippen LogP contribution in [0.5, 0.6) is 5.75 Å². The third-order valence-electron chi connectivity index (χ3n) is 3.27. The summed E-state index contributed by atoms with van der Waals surface area (Å²) in [7, 11) is 0. The van der Waals surface area contributed by atoms with Crippen LogP contribution in [0.2, 0.25) is 0 Å². The van der Waals surface area contributed by atoms with Crippen molar-refractivity contribution in [3.05, 3.63) is 29.3 Å². The van der Waals surface area contributed by atoms with Crippen LogP contribution in [0.3, 0.4) is 0 Å². The second-order valence-corrected chi connectivity index (χ2v) is 6.17. The molecule has 1 rings (SSSR count). The van der Waals surface area contributed by atoms with Gasteiger partial charge < -0.3 is 10.1 Å². The molecule has 0 aliphatic rings. The molecule has 1 atom stereocenters. The molecule has 0 heterocycles. The van der Waals surface area contributed by atoms with Gasteiger partial charge in [0.25, 0.3) is 0 Å². The van der Waals surface area contributed by atoms with Crippen LogP contribution in [0.25, 0.3) is 0 Å². The van der Waals surface area contributed by atoms with Crippen LogP contribution in [0.15, 0.2) is 18.2 Å². The van der Waals surface area contributed by atoms with Crippen molar-refractivity contribution in [3.63, 3.8) is 0 Å². The summed E-state index contributed by atoms with van der Waals surface area (Å²) < 4.78 is 6.11. The lowest BCUT2D eigenvalue weighted by Crippen LogP contribution is -2.29. The summed E-state index contributed by atoms with van der Waals surface area (Å²) in [5.74, 6) is 1.02. The van der Waals surface area contributed by atoms with Crippen LogP contribution in [0.4, 0.5) is 0 Å². The number of ether oxygens (including phenoxy) is 1. The first-order valence-corrected chi connectivity index (χ1v) is 7.39. The maximum Gasteiger partial charge on any atom is 0.123 e. The van der Waals surface area contributed by atoms with Gasteiger partial charge in [-0.05, 0) is 42.5 Å². The van der Waals surface area contributed by atoms with E-state index in [0.29, 0.717) is 0 Å². The predicted molar refractivity (Wildman–Crippen MR) is 83.2 cm³/mol. The second kappa shape index (κ2) is 6.95. The molecule has 0 radical (unpaired) electrons. The van der Waals surface area contributed by atoms with Gasteiger partial charge in [0, 0.05) is 6.54 Å². The maximum atomic E-state index is 6.11. The van der Waals surface area contributed by atoms with Crippen molar-refractivity contribution >= 4 is 0 Å². The minimum absolute atomic E-state index is 0.110. The molecule has 1 N–H and O–H groups in total. The van der Waals surface area contributed by atoms with E-state index in [1.165, 1.54) is 11.1 Å². The van der Waals surface area contributed by atoms with E-state index in [2.05, 4.69) is 65.1 Å². The van der Waals surface area contributed by atoms with Crippen molar-refractivity contribution in [3.8, 4) is 5.75 Å². The first kappa shape index (κ1) is 16.0. The zero-order valence-electron chi connectivity index (χ0n) is 13.3. The van der Waals surface area contributed by atoms with Gasteiger partial charge in [0.1, 0.15) is 11.9 Å². The van der Waals surface area contributed by atoms with Gasteiger partial charge in [-0.3, -0.25) is 0 Å². The molecule has 1 aromatic carbocycles. The summed E-state index contributed by atoms with van der Waals surface area (Å²) in [6.07, 6.45) is 1.25. The van der Waals surface area contributed by atoms with E-state index in [9.17, 15) is 0 Å². The van der Waals surface area contributed by atoms with Gasteiger partial charge in [-0.2, -0.15) is 0 Å². The van der Waals surface area contributed by atoms with E-state index >= 15 is 0 Å². The zero-order valence-corrected chi connectivity index (χ0v) is 13.3. The number of likely N-dealkylation sites (N-methyl/N-ethyl adjacent to an activating group) is 1. The molecule has 108 valence electrons.